The molecule has 116 valence electrons. The first-order valence-corrected chi connectivity index (χ1v) is 7.68. The lowest BCUT2D eigenvalue weighted by atomic mass is 10.1. The molecule has 3 rings (SSSR count). The fourth-order valence-electron chi connectivity index (χ4n) is 2.92. The molecule has 0 radical (unpaired) electrons. The third-order valence-electron chi connectivity index (χ3n) is 4.15. The molecule has 1 fully saturated rings. The van der Waals surface area contributed by atoms with Gasteiger partial charge in [-0.2, -0.15) is 5.10 Å². The third kappa shape index (κ3) is 3.04. The number of carbonyl (C=O) groups excluding carboxylic acids is 1. The Bertz CT molecular complexity index is 674. The van der Waals surface area contributed by atoms with E-state index in [1.54, 1.807) is 0 Å². The molecule has 5 nitrogen and oxygen atoms in total. The minimum absolute atomic E-state index is 0.0746. The van der Waals surface area contributed by atoms with E-state index in [1.807, 2.05) is 40.8 Å². The van der Waals surface area contributed by atoms with Gasteiger partial charge in [0.1, 0.15) is 0 Å². The van der Waals surface area contributed by atoms with Gasteiger partial charge in [-0.15, -0.1) is 0 Å². The first-order chi connectivity index (χ1) is 10.5. The highest BCUT2D eigenvalue weighted by atomic mass is 16.2. The topological polar surface area (TPSA) is 64.2 Å². The van der Waals surface area contributed by atoms with Crippen molar-refractivity contribution < 1.29 is 4.79 Å². The summed E-state index contributed by atoms with van der Waals surface area (Å²) in [5.74, 6) is 0.0746. The zero-order valence-corrected chi connectivity index (χ0v) is 13.1. The molecule has 1 aliphatic heterocycles. The Morgan fingerprint density at radius 3 is 2.59 bits per heavy atom. The fourth-order valence-corrected chi connectivity index (χ4v) is 2.92. The lowest BCUT2D eigenvalue weighted by Gasteiger charge is -2.16. The Kier molecular flexibility index (Phi) is 3.98. The van der Waals surface area contributed by atoms with Gasteiger partial charge in [0.05, 0.1) is 12.2 Å². The quantitative estimate of drug-likeness (QED) is 0.938. The third-order valence-corrected chi connectivity index (χ3v) is 4.15. The van der Waals surface area contributed by atoms with Crippen LogP contribution in [-0.2, 0) is 6.54 Å². The van der Waals surface area contributed by atoms with Crippen LogP contribution in [0.2, 0.25) is 0 Å². The van der Waals surface area contributed by atoms with Crippen LogP contribution in [-0.4, -0.2) is 39.7 Å². The van der Waals surface area contributed by atoms with E-state index < -0.39 is 0 Å². The zero-order chi connectivity index (χ0) is 15.7. The lowest BCUT2D eigenvalue weighted by Crippen LogP contribution is -2.31. The molecule has 0 bridgehead atoms. The second kappa shape index (κ2) is 5.93. The van der Waals surface area contributed by atoms with E-state index in [1.165, 1.54) is 0 Å². The highest BCUT2D eigenvalue weighted by molar-refractivity contribution is 5.94. The Balaban J connectivity index is 1.70. The Labute approximate surface area is 130 Å². The molecule has 2 N–H and O–H groups in total. The van der Waals surface area contributed by atoms with Gasteiger partial charge in [0.2, 0.25) is 0 Å². The molecule has 0 aliphatic carbocycles. The molecule has 1 amide bonds. The molecule has 0 saturated carbocycles. The van der Waals surface area contributed by atoms with Crippen LogP contribution in [0.15, 0.2) is 30.3 Å². The summed E-state index contributed by atoms with van der Waals surface area (Å²) in [6, 6.07) is 9.98. The van der Waals surface area contributed by atoms with Crippen LogP contribution in [0.4, 0.5) is 0 Å². The number of hydrogen-bond donors (Lipinski definition) is 1. The smallest absolute Gasteiger partial charge is 0.253 e. The largest absolute Gasteiger partial charge is 0.337 e. The number of likely N-dealkylation sites (tertiary alicyclic amines) is 1. The van der Waals surface area contributed by atoms with Crippen molar-refractivity contribution in [1.82, 2.24) is 14.7 Å². The summed E-state index contributed by atoms with van der Waals surface area (Å²) in [7, 11) is 0. The van der Waals surface area contributed by atoms with Crippen LogP contribution in [0.3, 0.4) is 0 Å². The predicted octanol–water partition coefficient (Wildman–Crippen LogP) is 1.72. The molecule has 1 atom stereocenters. The molecule has 22 heavy (non-hydrogen) atoms. The molecular formula is C17H22N4O. The Hall–Kier alpha value is -2.14. The molecular weight excluding hydrogens is 276 g/mol. The van der Waals surface area contributed by atoms with Crippen LogP contribution < -0.4 is 5.73 Å². The van der Waals surface area contributed by atoms with Gasteiger partial charge in [0.25, 0.3) is 5.91 Å². The monoisotopic (exact) mass is 298 g/mol. The lowest BCUT2D eigenvalue weighted by molar-refractivity contribution is 0.0791. The molecule has 1 aromatic carbocycles. The molecule has 5 heteroatoms. The van der Waals surface area contributed by atoms with Gasteiger partial charge in [-0.05, 0) is 44.0 Å². The second-order valence-corrected chi connectivity index (χ2v) is 6.08. The van der Waals surface area contributed by atoms with Crippen LogP contribution in [0.1, 0.15) is 33.7 Å². The highest BCUT2D eigenvalue weighted by Crippen LogP contribution is 2.14. The maximum atomic E-state index is 12.4. The van der Waals surface area contributed by atoms with Crippen molar-refractivity contribution in [1.29, 1.82) is 0 Å². The molecule has 0 spiro atoms. The zero-order valence-electron chi connectivity index (χ0n) is 13.1. The molecule has 1 saturated heterocycles. The summed E-state index contributed by atoms with van der Waals surface area (Å²) in [5, 5.41) is 4.46. The van der Waals surface area contributed by atoms with Gasteiger partial charge in [0.15, 0.2) is 0 Å². The van der Waals surface area contributed by atoms with Crippen molar-refractivity contribution in [2.45, 2.75) is 32.9 Å². The van der Waals surface area contributed by atoms with E-state index >= 15 is 0 Å². The number of amides is 1. The first-order valence-electron chi connectivity index (χ1n) is 7.68. The Morgan fingerprint density at radius 1 is 1.32 bits per heavy atom. The number of rotatable bonds is 3. The SMILES string of the molecule is Cc1cc(C)n(Cc2ccc(C(=O)N3CC[C@@H](N)C3)cc2)n1. The van der Waals surface area contributed by atoms with Crippen LogP contribution in [0, 0.1) is 13.8 Å². The number of hydrogen-bond acceptors (Lipinski definition) is 3. The molecule has 1 aromatic heterocycles. The van der Waals surface area contributed by atoms with Crippen molar-refractivity contribution in [3.05, 3.63) is 52.8 Å². The van der Waals surface area contributed by atoms with E-state index in [4.69, 9.17) is 5.73 Å². The number of nitrogens with two attached hydrogens (primary N) is 1. The second-order valence-electron chi connectivity index (χ2n) is 6.08. The van der Waals surface area contributed by atoms with Crippen molar-refractivity contribution in [2.24, 2.45) is 5.73 Å². The van der Waals surface area contributed by atoms with Gasteiger partial charge in [0, 0.05) is 30.4 Å². The van der Waals surface area contributed by atoms with E-state index in [-0.39, 0.29) is 11.9 Å². The van der Waals surface area contributed by atoms with E-state index in [0.29, 0.717) is 6.54 Å². The van der Waals surface area contributed by atoms with E-state index in [0.717, 1.165) is 42.0 Å². The summed E-state index contributed by atoms with van der Waals surface area (Å²) in [6.45, 7) is 6.18. The minimum Gasteiger partial charge on any atom is -0.337 e. The molecule has 2 heterocycles. The number of aryl methyl sites for hydroxylation is 2. The standard InChI is InChI=1S/C17H22N4O/c1-12-9-13(2)21(19-12)10-14-3-5-15(6-4-14)17(22)20-8-7-16(18)11-20/h3-6,9,16H,7-8,10-11,18H2,1-2H3/t16-/m1/s1. The van der Waals surface area contributed by atoms with Crippen molar-refractivity contribution in [3.63, 3.8) is 0 Å². The Morgan fingerprint density at radius 2 is 2.05 bits per heavy atom. The molecule has 1 aliphatic rings. The average molecular weight is 298 g/mol. The summed E-state index contributed by atoms with van der Waals surface area (Å²) in [6.07, 6.45) is 0.891. The molecule has 0 unspecified atom stereocenters. The summed E-state index contributed by atoms with van der Waals surface area (Å²) >= 11 is 0. The van der Waals surface area contributed by atoms with Crippen molar-refractivity contribution in [3.8, 4) is 0 Å². The van der Waals surface area contributed by atoms with E-state index in [9.17, 15) is 4.79 Å². The van der Waals surface area contributed by atoms with Crippen molar-refractivity contribution in [2.75, 3.05) is 13.1 Å². The molecule has 2 aromatic rings. The predicted molar refractivity (Wildman–Crippen MR) is 85.7 cm³/mol. The maximum Gasteiger partial charge on any atom is 0.253 e. The van der Waals surface area contributed by atoms with Crippen LogP contribution in [0.5, 0.6) is 0 Å². The van der Waals surface area contributed by atoms with Gasteiger partial charge in [-0.3, -0.25) is 9.48 Å². The van der Waals surface area contributed by atoms with E-state index in [2.05, 4.69) is 18.1 Å². The number of aromatic nitrogens is 2. The minimum atomic E-state index is 0.0746. The summed E-state index contributed by atoms with van der Waals surface area (Å²) in [5.41, 5.74) is 9.90. The number of carbonyl (C=O) groups is 1. The normalized spacial score (nSPS) is 18.0. The highest BCUT2D eigenvalue weighted by Gasteiger charge is 2.24. The maximum absolute atomic E-state index is 12.4. The fraction of sp³-hybridized carbons (Fsp3) is 0.412. The van der Waals surface area contributed by atoms with Gasteiger partial charge >= 0.3 is 0 Å². The van der Waals surface area contributed by atoms with Crippen molar-refractivity contribution >= 4 is 5.91 Å². The van der Waals surface area contributed by atoms with Crippen LogP contribution >= 0.6 is 0 Å². The summed E-state index contributed by atoms with van der Waals surface area (Å²) < 4.78 is 1.98. The average Bonchev–Trinajstić information content (AvgIpc) is 3.05. The van der Waals surface area contributed by atoms with Gasteiger partial charge < -0.3 is 10.6 Å². The van der Waals surface area contributed by atoms with Gasteiger partial charge in [-0.1, -0.05) is 12.1 Å². The number of nitrogens with zero attached hydrogens (tertiary/aromatic N) is 3. The summed E-state index contributed by atoms with van der Waals surface area (Å²) in [4.78, 5) is 14.2. The number of benzene rings is 1. The first kappa shape index (κ1) is 14.8. The van der Waals surface area contributed by atoms with Crippen LogP contribution in [0.25, 0.3) is 0 Å². The van der Waals surface area contributed by atoms with Gasteiger partial charge in [-0.25, -0.2) is 0 Å².